The molecule has 1 aromatic rings. The average Bonchev–Trinajstić information content (AvgIpc) is 2.38. The molecule has 1 rings (SSSR count). The number of nitrogens with zero attached hydrogens (tertiary/aromatic N) is 1. The SMILES string of the molecule is CN(C)C(=O)CCNS(=O)(=O)c1cc(C(=O)O)ccc1Br. The Balaban J connectivity index is 2.90. The summed E-state index contributed by atoms with van der Waals surface area (Å²) in [5, 5.41) is 8.90. The number of carbonyl (C=O) groups excluding carboxylic acids is 1. The Kier molecular flexibility index (Phi) is 5.87. The summed E-state index contributed by atoms with van der Waals surface area (Å²) in [4.78, 5) is 23.4. The number of carboxylic acids is 1. The maximum atomic E-state index is 12.1. The summed E-state index contributed by atoms with van der Waals surface area (Å²) in [7, 11) is -0.753. The Morgan fingerprint density at radius 1 is 1.33 bits per heavy atom. The van der Waals surface area contributed by atoms with E-state index in [4.69, 9.17) is 5.11 Å². The molecule has 0 aliphatic carbocycles. The summed E-state index contributed by atoms with van der Waals surface area (Å²) in [6.07, 6.45) is 0.0163. The van der Waals surface area contributed by atoms with Crippen LogP contribution in [-0.4, -0.2) is 50.9 Å². The minimum Gasteiger partial charge on any atom is -0.478 e. The van der Waals surface area contributed by atoms with E-state index in [0.29, 0.717) is 0 Å². The molecule has 21 heavy (non-hydrogen) atoms. The van der Waals surface area contributed by atoms with Crippen molar-refractivity contribution >= 4 is 37.8 Å². The summed E-state index contributed by atoms with van der Waals surface area (Å²) in [6.45, 7) is -0.0664. The summed E-state index contributed by atoms with van der Waals surface area (Å²) >= 11 is 3.07. The van der Waals surface area contributed by atoms with Gasteiger partial charge >= 0.3 is 5.97 Å². The van der Waals surface area contributed by atoms with Crippen LogP contribution in [0.1, 0.15) is 16.8 Å². The third-order valence-corrected chi connectivity index (χ3v) is 5.05. The number of rotatable bonds is 6. The predicted octanol–water partition coefficient (Wildman–Crippen LogP) is 0.904. The number of hydrogen-bond donors (Lipinski definition) is 2. The Hall–Kier alpha value is -1.45. The highest BCUT2D eigenvalue weighted by Gasteiger charge is 2.20. The monoisotopic (exact) mass is 378 g/mol. The fraction of sp³-hybridized carbons (Fsp3) is 0.333. The maximum Gasteiger partial charge on any atom is 0.335 e. The molecule has 0 saturated heterocycles. The van der Waals surface area contributed by atoms with Gasteiger partial charge in [0.25, 0.3) is 0 Å². The van der Waals surface area contributed by atoms with Gasteiger partial charge in [0.15, 0.2) is 0 Å². The van der Waals surface area contributed by atoms with Gasteiger partial charge < -0.3 is 10.0 Å². The fourth-order valence-corrected chi connectivity index (χ4v) is 3.46. The van der Waals surface area contributed by atoms with Gasteiger partial charge in [-0.25, -0.2) is 17.9 Å². The zero-order valence-corrected chi connectivity index (χ0v) is 13.9. The molecular formula is C12H15BrN2O5S. The van der Waals surface area contributed by atoms with Crippen molar-refractivity contribution in [3.63, 3.8) is 0 Å². The van der Waals surface area contributed by atoms with Crippen molar-refractivity contribution in [2.24, 2.45) is 0 Å². The molecule has 0 spiro atoms. The summed E-state index contributed by atoms with van der Waals surface area (Å²) in [6, 6.07) is 3.70. The zero-order chi connectivity index (χ0) is 16.2. The van der Waals surface area contributed by atoms with E-state index in [2.05, 4.69) is 20.7 Å². The van der Waals surface area contributed by atoms with Gasteiger partial charge in [0.1, 0.15) is 0 Å². The van der Waals surface area contributed by atoms with Crippen LogP contribution >= 0.6 is 15.9 Å². The van der Waals surface area contributed by atoms with Crippen molar-refractivity contribution < 1.29 is 23.1 Å². The van der Waals surface area contributed by atoms with Gasteiger partial charge in [-0.2, -0.15) is 0 Å². The number of sulfonamides is 1. The van der Waals surface area contributed by atoms with E-state index < -0.39 is 16.0 Å². The van der Waals surface area contributed by atoms with Crippen LogP contribution in [0.25, 0.3) is 0 Å². The maximum absolute atomic E-state index is 12.1. The molecule has 0 saturated carbocycles. The molecule has 9 heteroatoms. The molecule has 1 aromatic carbocycles. The molecular weight excluding hydrogens is 364 g/mol. The minimum atomic E-state index is -3.90. The Bertz CT molecular complexity index is 658. The van der Waals surface area contributed by atoms with Gasteiger partial charge in [0.2, 0.25) is 15.9 Å². The number of amides is 1. The van der Waals surface area contributed by atoms with Crippen molar-refractivity contribution in [1.29, 1.82) is 0 Å². The van der Waals surface area contributed by atoms with Crippen LogP contribution in [0, 0.1) is 0 Å². The van der Waals surface area contributed by atoms with E-state index in [1.54, 1.807) is 14.1 Å². The van der Waals surface area contributed by atoms with E-state index in [0.717, 1.165) is 6.07 Å². The van der Waals surface area contributed by atoms with Crippen LogP contribution in [0.15, 0.2) is 27.6 Å². The molecule has 0 bridgehead atoms. The number of nitrogens with one attached hydrogen (secondary N) is 1. The fourth-order valence-electron chi connectivity index (χ4n) is 1.44. The quantitative estimate of drug-likeness (QED) is 0.765. The van der Waals surface area contributed by atoms with Crippen molar-refractivity contribution in [3.05, 3.63) is 28.2 Å². The van der Waals surface area contributed by atoms with Crippen molar-refractivity contribution in [1.82, 2.24) is 9.62 Å². The number of benzene rings is 1. The lowest BCUT2D eigenvalue weighted by molar-refractivity contribution is -0.128. The van der Waals surface area contributed by atoms with Gasteiger partial charge in [-0.1, -0.05) is 0 Å². The van der Waals surface area contributed by atoms with Gasteiger partial charge in [0, 0.05) is 31.5 Å². The van der Waals surface area contributed by atoms with Crippen LogP contribution in [0.3, 0.4) is 0 Å². The van der Waals surface area contributed by atoms with Crippen molar-refractivity contribution in [3.8, 4) is 0 Å². The first-order valence-electron chi connectivity index (χ1n) is 5.88. The molecule has 0 heterocycles. The number of halogens is 1. The van der Waals surface area contributed by atoms with Gasteiger partial charge in [0.05, 0.1) is 10.5 Å². The third-order valence-electron chi connectivity index (χ3n) is 2.60. The molecule has 1 amide bonds. The number of hydrogen-bond acceptors (Lipinski definition) is 4. The molecule has 0 radical (unpaired) electrons. The lowest BCUT2D eigenvalue weighted by Gasteiger charge is -2.12. The second kappa shape index (κ2) is 7.01. The summed E-state index contributed by atoms with van der Waals surface area (Å²) < 4.78 is 26.8. The van der Waals surface area contributed by atoms with Crippen LogP contribution in [0.5, 0.6) is 0 Å². The number of aromatic carboxylic acids is 1. The highest BCUT2D eigenvalue weighted by Crippen LogP contribution is 2.23. The molecule has 2 N–H and O–H groups in total. The van der Waals surface area contributed by atoms with E-state index in [1.165, 1.54) is 17.0 Å². The minimum absolute atomic E-state index is 0.0163. The molecule has 0 unspecified atom stereocenters. The molecule has 0 atom stereocenters. The van der Waals surface area contributed by atoms with Gasteiger partial charge in [-0.05, 0) is 34.1 Å². The topological polar surface area (TPSA) is 104 Å². The van der Waals surface area contributed by atoms with Gasteiger partial charge in [-0.15, -0.1) is 0 Å². The number of carbonyl (C=O) groups is 2. The first-order chi connectivity index (χ1) is 9.65. The largest absolute Gasteiger partial charge is 0.478 e. The van der Waals surface area contributed by atoms with Crippen LogP contribution in [0.4, 0.5) is 0 Å². The van der Waals surface area contributed by atoms with E-state index in [9.17, 15) is 18.0 Å². The second-order valence-electron chi connectivity index (χ2n) is 4.39. The lowest BCUT2D eigenvalue weighted by Crippen LogP contribution is -2.30. The first-order valence-corrected chi connectivity index (χ1v) is 8.15. The zero-order valence-electron chi connectivity index (χ0n) is 11.5. The summed E-state index contributed by atoms with van der Waals surface area (Å²) in [5.41, 5.74) is -0.136. The summed E-state index contributed by atoms with van der Waals surface area (Å²) in [5.74, 6) is -1.43. The molecule has 0 fully saturated rings. The number of carboxylic acid groups (broad SMARTS) is 1. The lowest BCUT2D eigenvalue weighted by atomic mass is 10.2. The Labute approximate surface area is 131 Å². The Morgan fingerprint density at radius 3 is 2.48 bits per heavy atom. The van der Waals surface area contributed by atoms with Gasteiger partial charge in [-0.3, -0.25) is 4.79 Å². The predicted molar refractivity (Wildman–Crippen MR) is 79.6 cm³/mol. The van der Waals surface area contributed by atoms with E-state index in [-0.39, 0.29) is 33.8 Å². The molecule has 0 aromatic heterocycles. The Morgan fingerprint density at radius 2 is 1.95 bits per heavy atom. The third kappa shape index (κ3) is 4.80. The van der Waals surface area contributed by atoms with E-state index in [1.807, 2.05) is 0 Å². The molecule has 7 nitrogen and oxygen atoms in total. The van der Waals surface area contributed by atoms with Crippen LogP contribution in [0.2, 0.25) is 0 Å². The molecule has 0 aliphatic rings. The van der Waals surface area contributed by atoms with E-state index >= 15 is 0 Å². The first kappa shape index (κ1) is 17.6. The van der Waals surface area contributed by atoms with Crippen molar-refractivity contribution in [2.45, 2.75) is 11.3 Å². The van der Waals surface area contributed by atoms with Crippen LogP contribution < -0.4 is 4.72 Å². The standard InChI is InChI=1S/C12H15BrN2O5S/c1-15(2)11(16)5-6-14-21(19,20)10-7-8(12(17)18)3-4-9(10)13/h3-4,7,14H,5-6H2,1-2H3,(H,17,18). The average molecular weight is 379 g/mol. The highest BCUT2D eigenvalue weighted by atomic mass is 79.9. The second-order valence-corrected chi connectivity index (χ2v) is 6.98. The molecule has 0 aliphatic heterocycles. The normalized spacial score (nSPS) is 11.2. The smallest absolute Gasteiger partial charge is 0.335 e. The molecule has 116 valence electrons. The van der Waals surface area contributed by atoms with Crippen LogP contribution in [-0.2, 0) is 14.8 Å². The highest BCUT2D eigenvalue weighted by molar-refractivity contribution is 9.10. The van der Waals surface area contributed by atoms with Crippen molar-refractivity contribution in [2.75, 3.05) is 20.6 Å².